The van der Waals surface area contributed by atoms with Crippen LogP contribution in [-0.4, -0.2) is 5.97 Å². The van der Waals surface area contributed by atoms with E-state index in [-0.39, 0.29) is 18.0 Å². The van der Waals surface area contributed by atoms with Crippen LogP contribution < -0.4 is 0 Å². The number of carbonyl (C=O) groups excluding carboxylic acids is 1. The summed E-state index contributed by atoms with van der Waals surface area (Å²) in [6.45, 7) is 5.59. The van der Waals surface area contributed by atoms with E-state index >= 15 is 0 Å². The highest BCUT2D eigenvalue weighted by molar-refractivity contribution is 5.83. The molecule has 0 aromatic heterocycles. The first kappa shape index (κ1) is 12.6. The molecule has 0 N–H and O–H groups in total. The molecule has 0 aliphatic heterocycles. The van der Waals surface area contributed by atoms with Crippen LogP contribution >= 0.6 is 0 Å². The van der Waals surface area contributed by atoms with E-state index in [2.05, 4.69) is 24.3 Å². The number of hydrogen-bond donors (Lipinski definition) is 0. The Labute approximate surface area is 108 Å². The van der Waals surface area contributed by atoms with Crippen molar-refractivity contribution in [1.29, 1.82) is 0 Å². The number of carbonyl (C=O) groups is 1. The van der Waals surface area contributed by atoms with Crippen LogP contribution in [0.2, 0.25) is 0 Å². The number of rotatable bonds is 3. The highest BCUT2D eigenvalue weighted by atomic mass is 16.5. The summed E-state index contributed by atoms with van der Waals surface area (Å²) >= 11 is 0. The molecule has 2 heteroatoms. The summed E-state index contributed by atoms with van der Waals surface area (Å²) < 4.78 is 5.41. The average molecular weight is 242 g/mol. The van der Waals surface area contributed by atoms with Crippen LogP contribution in [0.5, 0.6) is 0 Å². The van der Waals surface area contributed by atoms with Crippen molar-refractivity contribution in [2.45, 2.75) is 26.9 Å². The molecule has 0 bridgehead atoms. The van der Waals surface area contributed by atoms with E-state index in [4.69, 9.17) is 4.74 Å². The van der Waals surface area contributed by atoms with Gasteiger partial charge in [0.25, 0.3) is 0 Å². The fourth-order valence-electron chi connectivity index (χ4n) is 1.84. The number of benzene rings is 2. The summed E-state index contributed by atoms with van der Waals surface area (Å²) in [6, 6.07) is 14.3. The quantitative estimate of drug-likeness (QED) is 0.757. The van der Waals surface area contributed by atoms with Crippen LogP contribution in [0.15, 0.2) is 42.5 Å². The first-order valence-corrected chi connectivity index (χ1v) is 6.27. The first-order chi connectivity index (χ1) is 8.58. The first-order valence-electron chi connectivity index (χ1n) is 6.27. The molecule has 1 atom stereocenters. The van der Waals surface area contributed by atoms with Crippen LogP contribution in [0.1, 0.15) is 32.4 Å². The summed E-state index contributed by atoms with van der Waals surface area (Å²) in [5, 5.41) is 2.37. The van der Waals surface area contributed by atoms with Crippen molar-refractivity contribution in [3.05, 3.63) is 48.0 Å². The molecule has 0 heterocycles. The molecule has 0 saturated heterocycles. The molecule has 0 spiro atoms. The molecular formula is C16H18O2. The molecule has 0 amide bonds. The highest BCUT2D eigenvalue weighted by Crippen LogP contribution is 2.23. The van der Waals surface area contributed by atoms with Crippen molar-refractivity contribution in [3.63, 3.8) is 0 Å². The lowest BCUT2D eigenvalue weighted by atomic mass is 10.0. The Bertz CT molecular complexity index is 558. The molecule has 0 aliphatic rings. The number of hydrogen-bond acceptors (Lipinski definition) is 2. The maximum absolute atomic E-state index is 11.6. The van der Waals surface area contributed by atoms with Gasteiger partial charge in [0.2, 0.25) is 0 Å². The Morgan fingerprint density at radius 1 is 1.00 bits per heavy atom. The molecule has 0 unspecified atom stereocenters. The normalized spacial score (nSPS) is 12.7. The van der Waals surface area contributed by atoms with Gasteiger partial charge in [-0.15, -0.1) is 0 Å². The molecule has 0 radical (unpaired) electrons. The summed E-state index contributed by atoms with van der Waals surface area (Å²) in [4.78, 5) is 11.6. The van der Waals surface area contributed by atoms with Gasteiger partial charge in [0.15, 0.2) is 0 Å². The van der Waals surface area contributed by atoms with Crippen LogP contribution in [0.25, 0.3) is 10.8 Å². The molecule has 0 saturated carbocycles. The largest absolute Gasteiger partial charge is 0.458 e. The Kier molecular flexibility index (Phi) is 3.66. The smallest absolute Gasteiger partial charge is 0.308 e. The second kappa shape index (κ2) is 5.21. The van der Waals surface area contributed by atoms with E-state index in [1.54, 1.807) is 0 Å². The minimum Gasteiger partial charge on any atom is -0.458 e. The Hall–Kier alpha value is -1.83. The monoisotopic (exact) mass is 242 g/mol. The highest BCUT2D eigenvalue weighted by Gasteiger charge is 2.14. The van der Waals surface area contributed by atoms with Gasteiger partial charge in [-0.05, 0) is 29.3 Å². The summed E-state index contributed by atoms with van der Waals surface area (Å²) in [5.74, 6) is -0.247. The minimum atomic E-state index is -0.204. The fraction of sp³-hybridized carbons (Fsp3) is 0.312. The molecule has 2 aromatic rings. The fourth-order valence-corrected chi connectivity index (χ4v) is 1.84. The third-order valence-corrected chi connectivity index (χ3v) is 3.01. The molecule has 2 aromatic carbocycles. The van der Waals surface area contributed by atoms with Crippen molar-refractivity contribution < 1.29 is 9.53 Å². The molecule has 0 aliphatic carbocycles. The van der Waals surface area contributed by atoms with E-state index in [0.717, 1.165) is 5.56 Å². The number of ether oxygens (including phenoxy) is 1. The summed E-state index contributed by atoms with van der Waals surface area (Å²) in [6.07, 6.45) is -0.204. The average Bonchev–Trinajstić information content (AvgIpc) is 2.37. The van der Waals surface area contributed by atoms with Crippen molar-refractivity contribution in [1.82, 2.24) is 0 Å². The topological polar surface area (TPSA) is 26.3 Å². The van der Waals surface area contributed by atoms with Gasteiger partial charge in [0.1, 0.15) is 6.10 Å². The van der Waals surface area contributed by atoms with Gasteiger partial charge >= 0.3 is 5.97 Å². The maximum Gasteiger partial charge on any atom is 0.308 e. The minimum absolute atomic E-state index is 0.0899. The number of fused-ring (bicyclic) bond motifs is 1. The van der Waals surface area contributed by atoms with Crippen LogP contribution in [0.3, 0.4) is 0 Å². The SMILES string of the molecule is CC(C)C(=O)O[C@H](C)c1ccc2ccccc2c1. The predicted octanol–water partition coefficient (Wildman–Crippen LogP) is 4.10. The van der Waals surface area contributed by atoms with Crippen LogP contribution in [-0.2, 0) is 9.53 Å². The number of esters is 1. The zero-order chi connectivity index (χ0) is 13.1. The zero-order valence-corrected chi connectivity index (χ0v) is 11.0. The Balaban J connectivity index is 2.22. The molecule has 0 fully saturated rings. The van der Waals surface area contributed by atoms with E-state index in [9.17, 15) is 4.79 Å². The lowest BCUT2D eigenvalue weighted by Gasteiger charge is -2.15. The molecule has 18 heavy (non-hydrogen) atoms. The van der Waals surface area contributed by atoms with E-state index < -0.39 is 0 Å². The van der Waals surface area contributed by atoms with Crippen LogP contribution in [0, 0.1) is 5.92 Å². The molecule has 94 valence electrons. The van der Waals surface area contributed by atoms with Gasteiger partial charge in [0.05, 0.1) is 5.92 Å². The Morgan fingerprint density at radius 3 is 2.33 bits per heavy atom. The van der Waals surface area contributed by atoms with Gasteiger partial charge in [-0.3, -0.25) is 4.79 Å². The van der Waals surface area contributed by atoms with Crippen molar-refractivity contribution in [3.8, 4) is 0 Å². The van der Waals surface area contributed by atoms with Crippen molar-refractivity contribution in [2.24, 2.45) is 5.92 Å². The lowest BCUT2D eigenvalue weighted by molar-refractivity contribution is -0.152. The van der Waals surface area contributed by atoms with Gasteiger partial charge < -0.3 is 4.74 Å². The van der Waals surface area contributed by atoms with E-state index in [0.29, 0.717) is 0 Å². The van der Waals surface area contributed by atoms with Gasteiger partial charge in [-0.25, -0.2) is 0 Å². The lowest BCUT2D eigenvalue weighted by Crippen LogP contribution is -2.14. The standard InChI is InChI=1S/C16H18O2/c1-11(2)16(17)18-12(3)14-9-8-13-6-4-5-7-15(13)10-14/h4-12H,1-3H3/t12-/m1/s1. The van der Waals surface area contributed by atoms with E-state index in [1.165, 1.54) is 10.8 Å². The van der Waals surface area contributed by atoms with Gasteiger partial charge in [0, 0.05) is 0 Å². The van der Waals surface area contributed by atoms with Crippen molar-refractivity contribution >= 4 is 16.7 Å². The summed E-state index contributed by atoms with van der Waals surface area (Å²) in [5.41, 5.74) is 1.03. The summed E-state index contributed by atoms with van der Waals surface area (Å²) in [7, 11) is 0. The zero-order valence-electron chi connectivity index (χ0n) is 11.0. The van der Waals surface area contributed by atoms with Crippen molar-refractivity contribution in [2.75, 3.05) is 0 Å². The molecule has 2 nitrogen and oxygen atoms in total. The maximum atomic E-state index is 11.6. The van der Waals surface area contributed by atoms with Crippen LogP contribution in [0.4, 0.5) is 0 Å². The molecule has 2 rings (SSSR count). The predicted molar refractivity (Wildman–Crippen MR) is 73.3 cm³/mol. The second-order valence-corrected chi connectivity index (χ2v) is 4.84. The third-order valence-electron chi connectivity index (χ3n) is 3.01. The molecular weight excluding hydrogens is 224 g/mol. The van der Waals surface area contributed by atoms with Gasteiger partial charge in [-0.2, -0.15) is 0 Å². The van der Waals surface area contributed by atoms with E-state index in [1.807, 2.05) is 39.0 Å². The van der Waals surface area contributed by atoms with Gasteiger partial charge in [-0.1, -0.05) is 50.2 Å². The Morgan fingerprint density at radius 2 is 1.67 bits per heavy atom. The third kappa shape index (κ3) is 2.70. The second-order valence-electron chi connectivity index (χ2n) is 4.84.